The van der Waals surface area contributed by atoms with Gasteiger partial charge in [0, 0.05) is 13.1 Å². The first kappa shape index (κ1) is 15.5. The molecular weight excluding hydrogens is 264 g/mol. The normalized spacial score (nSPS) is 22.7. The molecule has 1 saturated heterocycles. The summed E-state index contributed by atoms with van der Waals surface area (Å²) in [6.45, 7) is 4.36. The molecule has 21 heavy (non-hydrogen) atoms. The zero-order chi connectivity index (χ0) is 15.3. The second-order valence-electron chi connectivity index (χ2n) is 5.96. The summed E-state index contributed by atoms with van der Waals surface area (Å²) in [5, 5.41) is 18.4. The van der Waals surface area contributed by atoms with Gasteiger partial charge in [0.2, 0.25) is 0 Å². The van der Waals surface area contributed by atoms with Crippen LogP contribution >= 0.6 is 0 Å². The monoisotopic (exact) mass is 286 g/mol. The molecule has 1 aliphatic heterocycles. The van der Waals surface area contributed by atoms with Crippen LogP contribution in [-0.2, 0) is 11.3 Å². The van der Waals surface area contributed by atoms with Gasteiger partial charge in [-0.15, -0.1) is 0 Å². The fourth-order valence-corrected chi connectivity index (χ4v) is 3.27. The Bertz CT molecular complexity index is 529. The number of likely N-dealkylation sites (tertiary alicyclic amines) is 1. The topological polar surface area (TPSA) is 64.3 Å². The minimum Gasteiger partial charge on any atom is -0.481 e. The van der Waals surface area contributed by atoms with Gasteiger partial charge in [-0.3, -0.25) is 9.69 Å². The van der Waals surface area contributed by atoms with E-state index in [0.29, 0.717) is 12.1 Å². The van der Waals surface area contributed by atoms with Crippen molar-refractivity contribution >= 4 is 5.97 Å². The van der Waals surface area contributed by atoms with Crippen LogP contribution in [0.4, 0.5) is 0 Å². The lowest BCUT2D eigenvalue weighted by atomic mass is 9.76. The highest BCUT2D eigenvalue weighted by Gasteiger charge is 2.41. The summed E-state index contributed by atoms with van der Waals surface area (Å²) in [5.74, 6) is -0.658. The Morgan fingerprint density at radius 2 is 2.14 bits per heavy atom. The first-order chi connectivity index (χ1) is 10.1. The van der Waals surface area contributed by atoms with Crippen LogP contribution in [0, 0.1) is 16.7 Å². The van der Waals surface area contributed by atoms with Gasteiger partial charge < -0.3 is 5.11 Å². The fraction of sp³-hybridized carbons (Fsp3) is 0.529. The minimum absolute atomic E-state index is 0.584. The van der Waals surface area contributed by atoms with Gasteiger partial charge in [-0.1, -0.05) is 25.5 Å². The quantitative estimate of drug-likeness (QED) is 0.903. The van der Waals surface area contributed by atoms with Crippen molar-refractivity contribution in [3.8, 4) is 6.07 Å². The summed E-state index contributed by atoms with van der Waals surface area (Å²) in [6.07, 6.45) is 3.35. The number of carboxylic acids is 1. The molecule has 2 rings (SSSR count). The molecule has 4 nitrogen and oxygen atoms in total. The molecule has 0 amide bonds. The Morgan fingerprint density at radius 3 is 2.71 bits per heavy atom. The number of aliphatic carboxylic acids is 1. The van der Waals surface area contributed by atoms with E-state index in [2.05, 4.69) is 11.0 Å². The molecule has 1 fully saturated rings. The number of carboxylic acid groups (broad SMARTS) is 1. The van der Waals surface area contributed by atoms with Crippen molar-refractivity contribution in [3.63, 3.8) is 0 Å². The van der Waals surface area contributed by atoms with E-state index in [0.717, 1.165) is 44.3 Å². The van der Waals surface area contributed by atoms with Crippen LogP contribution in [0.1, 0.15) is 43.7 Å². The van der Waals surface area contributed by atoms with Crippen LogP contribution in [0.5, 0.6) is 0 Å². The van der Waals surface area contributed by atoms with Gasteiger partial charge in [0.1, 0.15) is 0 Å². The van der Waals surface area contributed by atoms with Crippen molar-refractivity contribution in [2.24, 2.45) is 5.41 Å². The van der Waals surface area contributed by atoms with E-state index in [4.69, 9.17) is 5.26 Å². The Labute approximate surface area is 126 Å². The van der Waals surface area contributed by atoms with Crippen molar-refractivity contribution in [1.29, 1.82) is 5.26 Å². The van der Waals surface area contributed by atoms with Crippen molar-refractivity contribution in [2.45, 2.75) is 39.2 Å². The van der Waals surface area contributed by atoms with Gasteiger partial charge in [0.15, 0.2) is 0 Å². The molecular formula is C17H22N2O2. The van der Waals surface area contributed by atoms with Gasteiger partial charge in [-0.2, -0.15) is 5.26 Å². The number of carbonyl (C=O) groups is 1. The summed E-state index contributed by atoms with van der Waals surface area (Å²) in [5.41, 5.74) is 1.20. The molecule has 1 N–H and O–H groups in total. The molecule has 0 spiro atoms. The van der Waals surface area contributed by atoms with Crippen molar-refractivity contribution in [2.75, 3.05) is 13.1 Å². The highest BCUT2D eigenvalue weighted by atomic mass is 16.4. The van der Waals surface area contributed by atoms with E-state index in [1.54, 1.807) is 0 Å². The van der Waals surface area contributed by atoms with Crippen LogP contribution in [0.3, 0.4) is 0 Å². The Balaban J connectivity index is 2.06. The van der Waals surface area contributed by atoms with Gasteiger partial charge in [-0.25, -0.2) is 0 Å². The lowest BCUT2D eigenvalue weighted by molar-refractivity contribution is -0.153. The lowest BCUT2D eigenvalue weighted by Crippen LogP contribution is -2.47. The summed E-state index contributed by atoms with van der Waals surface area (Å²) >= 11 is 0. The summed E-state index contributed by atoms with van der Waals surface area (Å²) in [6, 6.07) is 9.65. The number of hydrogen-bond acceptors (Lipinski definition) is 3. The molecule has 1 aromatic carbocycles. The molecule has 0 bridgehead atoms. The average Bonchev–Trinajstić information content (AvgIpc) is 2.48. The van der Waals surface area contributed by atoms with Gasteiger partial charge in [-0.05, 0) is 43.5 Å². The van der Waals surface area contributed by atoms with E-state index < -0.39 is 11.4 Å². The molecule has 1 aromatic rings. The van der Waals surface area contributed by atoms with Crippen molar-refractivity contribution in [3.05, 3.63) is 35.4 Å². The van der Waals surface area contributed by atoms with Crippen LogP contribution < -0.4 is 0 Å². The van der Waals surface area contributed by atoms with Crippen molar-refractivity contribution in [1.82, 2.24) is 4.90 Å². The number of piperidine rings is 1. The lowest BCUT2D eigenvalue weighted by Gasteiger charge is -2.40. The van der Waals surface area contributed by atoms with Crippen LogP contribution in [0.2, 0.25) is 0 Å². The van der Waals surface area contributed by atoms with E-state index in [-0.39, 0.29) is 0 Å². The van der Waals surface area contributed by atoms with E-state index >= 15 is 0 Å². The summed E-state index contributed by atoms with van der Waals surface area (Å²) in [7, 11) is 0. The van der Waals surface area contributed by atoms with E-state index in [9.17, 15) is 9.90 Å². The molecule has 1 heterocycles. The minimum atomic E-state index is -0.658. The molecule has 1 atom stereocenters. The predicted octanol–water partition coefficient (Wildman–Crippen LogP) is 3.03. The second kappa shape index (κ2) is 6.73. The molecule has 0 aromatic heterocycles. The molecule has 0 saturated carbocycles. The zero-order valence-corrected chi connectivity index (χ0v) is 12.5. The Hall–Kier alpha value is -1.86. The molecule has 0 aliphatic carbocycles. The largest absolute Gasteiger partial charge is 0.481 e. The number of benzene rings is 1. The van der Waals surface area contributed by atoms with Gasteiger partial charge >= 0.3 is 5.97 Å². The third-order valence-corrected chi connectivity index (χ3v) is 4.33. The number of rotatable bonds is 5. The van der Waals surface area contributed by atoms with Gasteiger partial charge in [0.25, 0.3) is 0 Å². The number of nitrogens with zero attached hydrogens (tertiary/aromatic N) is 2. The highest BCUT2D eigenvalue weighted by Crippen LogP contribution is 2.35. The standard InChI is InChI=1S/C17H22N2O2/c1-2-8-17(16(20)21)9-3-10-19(13-17)12-15-6-4-14(11-18)5-7-15/h4-7H,2-3,8-10,12-13H2,1H3,(H,20,21). The van der Waals surface area contributed by atoms with Gasteiger partial charge in [0.05, 0.1) is 17.0 Å². The maximum Gasteiger partial charge on any atom is 0.310 e. The first-order valence-electron chi connectivity index (χ1n) is 7.54. The van der Waals surface area contributed by atoms with Crippen LogP contribution in [0.25, 0.3) is 0 Å². The average molecular weight is 286 g/mol. The molecule has 0 radical (unpaired) electrons. The Kier molecular flexibility index (Phi) is 4.98. The van der Waals surface area contributed by atoms with Crippen LogP contribution in [0.15, 0.2) is 24.3 Å². The maximum absolute atomic E-state index is 11.7. The van der Waals surface area contributed by atoms with E-state index in [1.807, 2.05) is 31.2 Å². The first-order valence-corrected chi connectivity index (χ1v) is 7.54. The summed E-state index contributed by atoms with van der Waals surface area (Å²) < 4.78 is 0. The molecule has 1 unspecified atom stereocenters. The number of nitriles is 1. The van der Waals surface area contributed by atoms with E-state index in [1.165, 1.54) is 0 Å². The second-order valence-corrected chi connectivity index (χ2v) is 5.96. The zero-order valence-electron chi connectivity index (χ0n) is 12.5. The van der Waals surface area contributed by atoms with Crippen LogP contribution in [-0.4, -0.2) is 29.1 Å². The van der Waals surface area contributed by atoms with Crippen molar-refractivity contribution < 1.29 is 9.90 Å². The fourth-order valence-electron chi connectivity index (χ4n) is 3.27. The third-order valence-electron chi connectivity index (χ3n) is 4.33. The predicted molar refractivity (Wildman–Crippen MR) is 80.6 cm³/mol. The highest BCUT2D eigenvalue weighted by molar-refractivity contribution is 5.75. The summed E-state index contributed by atoms with van der Waals surface area (Å²) in [4.78, 5) is 13.9. The maximum atomic E-state index is 11.7. The third kappa shape index (κ3) is 3.62. The molecule has 1 aliphatic rings. The molecule has 112 valence electrons. The smallest absolute Gasteiger partial charge is 0.310 e. The SMILES string of the molecule is CCCC1(C(=O)O)CCCN(Cc2ccc(C#N)cc2)C1. The number of hydrogen-bond donors (Lipinski definition) is 1. The molecule has 4 heteroatoms. The Morgan fingerprint density at radius 1 is 1.43 bits per heavy atom.